The summed E-state index contributed by atoms with van der Waals surface area (Å²) in [6.45, 7) is 10.9. The molecule has 0 bridgehead atoms. The molecule has 3 rings (SSSR count). The maximum absolute atomic E-state index is 13.2. The molecule has 1 saturated heterocycles. The summed E-state index contributed by atoms with van der Waals surface area (Å²) in [6, 6.07) is 11.7. The Morgan fingerprint density at radius 3 is 2.18 bits per heavy atom. The molecule has 0 aromatic heterocycles. The van der Waals surface area contributed by atoms with Crippen molar-refractivity contribution in [3.8, 4) is 5.75 Å². The van der Waals surface area contributed by atoms with E-state index in [1.807, 2.05) is 71.0 Å². The predicted molar refractivity (Wildman–Crippen MR) is 131 cm³/mol. The van der Waals surface area contributed by atoms with Crippen molar-refractivity contribution in [2.24, 2.45) is 5.92 Å². The van der Waals surface area contributed by atoms with Crippen molar-refractivity contribution < 1.29 is 17.9 Å². The first kappa shape index (κ1) is 25.2. The van der Waals surface area contributed by atoms with Gasteiger partial charge in [0.1, 0.15) is 5.75 Å². The highest BCUT2D eigenvalue weighted by Gasteiger charge is 2.33. The third-order valence-corrected chi connectivity index (χ3v) is 8.24. The first-order chi connectivity index (χ1) is 15.6. The highest BCUT2D eigenvalue weighted by atomic mass is 32.2. The van der Waals surface area contributed by atoms with E-state index >= 15 is 0 Å². The van der Waals surface area contributed by atoms with Crippen LogP contribution in [0.1, 0.15) is 48.9 Å². The molecule has 2 aromatic rings. The average Bonchev–Trinajstić information content (AvgIpc) is 2.73. The van der Waals surface area contributed by atoms with Crippen molar-refractivity contribution in [3.05, 3.63) is 58.7 Å². The molecule has 180 valence electrons. The zero-order valence-corrected chi connectivity index (χ0v) is 21.2. The number of hydrogen-bond acceptors (Lipinski definition) is 4. The molecule has 0 spiro atoms. The molecular weight excluding hydrogens is 436 g/mol. The lowest BCUT2D eigenvalue weighted by Gasteiger charge is -2.31. The van der Waals surface area contributed by atoms with Gasteiger partial charge in [-0.3, -0.25) is 4.79 Å². The fourth-order valence-electron chi connectivity index (χ4n) is 4.54. The summed E-state index contributed by atoms with van der Waals surface area (Å²) in [7, 11) is -3.56. The summed E-state index contributed by atoms with van der Waals surface area (Å²) < 4.78 is 33.7. The summed E-state index contributed by atoms with van der Waals surface area (Å²) >= 11 is 0. The Labute approximate surface area is 198 Å². The highest BCUT2D eigenvalue weighted by molar-refractivity contribution is 7.89. The molecular formula is C26H36N2O4S. The van der Waals surface area contributed by atoms with Gasteiger partial charge in [0, 0.05) is 25.6 Å². The first-order valence-corrected chi connectivity index (χ1v) is 13.1. The molecule has 0 atom stereocenters. The molecule has 7 heteroatoms. The molecule has 2 aromatic carbocycles. The lowest BCUT2D eigenvalue weighted by Crippen LogP contribution is -2.43. The number of carbonyl (C=O) groups is 1. The van der Waals surface area contributed by atoms with Crippen LogP contribution in [0.25, 0.3) is 0 Å². The number of benzene rings is 2. The van der Waals surface area contributed by atoms with Crippen LogP contribution in [0, 0.1) is 26.7 Å². The van der Waals surface area contributed by atoms with Crippen LogP contribution in [0.15, 0.2) is 41.3 Å². The zero-order chi connectivity index (χ0) is 24.2. The summed E-state index contributed by atoms with van der Waals surface area (Å²) in [5, 5.41) is 3.02. The van der Waals surface area contributed by atoms with Crippen molar-refractivity contribution >= 4 is 15.9 Å². The van der Waals surface area contributed by atoms with E-state index < -0.39 is 10.0 Å². The van der Waals surface area contributed by atoms with Crippen LogP contribution >= 0.6 is 0 Å². The second-order valence-electron chi connectivity index (χ2n) is 9.26. The maximum atomic E-state index is 13.2. The Hall–Kier alpha value is -2.38. The first-order valence-electron chi connectivity index (χ1n) is 11.7. The van der Waals surface area contributed by atoms with Gasteiger partial charge in [0.2, 0.25) is 15.9 Å². The minimum Gasteiger partial charge on any atom is -0.491 e. The standard InChI is InChI=1S/C26H36N2O4S/c1-18(2)32-24-8-6-22(7-9-24)10-13-27-26(29)23-11-14-28(15-12-23)33(30,31)25-20(4)16-19(3)17-21(25)5/h6-9,16-18,23H,10-15H2,1-5H3,(H,27,29). The molecule has 1 aliphatic rings. The second-order valence-corrected chi connectivity index (χ2v) is 11.1. The molecule has 1 amide bonds. The fraction of sp³-hybridized carbons (Fsp3) is 0.500. The van der Waals surface area contributed by atoms with Gasteiger partial charge < -0.3 is 10.1 Å². The molecule has 1 fully saturated rings. The van der Waals surface area contributed by atoms with E-state index in [2.05, 4.69) is 5.32 Å². The molecule has 0 saturated carbocycles. The molecule has 33 heavy (non-hydrogen) atoms. The summed E-state index contributed by atoms with van der Waals surface area (Å²) in [4.78, 5) is 13.0. The van der Waals surface area contributed by atoms with Gasteiger partial charge in [-0.2, -0.15) is 4.31 Å². The van der Waals surface area contributed by atoms with Crippen molar-refractivity contribution in [1.29, 1.82) is 0 Å². The van der Waals surface area contributed by atoms with Gasteiger partial charge in [0.25, 0.3) is 0 Å². The van der Waals surface area contributed by atoms with Crippen LogP contribution < -0.4 is 10.1 Å². The minimum atomic E-state index is -3.56. The summed E-state index contributed by atoms with van der Waals surface area (Å²) in [5.41, 5.74) is 3.74. The van der Waals surface area contributed by atoms with Crippen LogP contribution in [-0.2, 0) is 21.2 Å². The van der Waals surface area contributed by atoms with Crippen molar-refractivity contribution in [3.63, 3.8) is 0 Å². The molecule has 1 heterocycles. The number of sulfonamides is 1. The third-order valence-electron chi connectivity index (χ3n) is 6.04. The van der Waals surface area contributed by atoms with Crippen LogP contribution in [0.5, 0.6) is 5.75 Å². The molecule has 0 aliphatic carbocycles. The van der Waals surface area contributed by atoms with Crippen LogP contribution in [0.2, 0.25) is 0 Å². The summed E-state index contributed by atoms with van der Waals surface area (Å²) in [6.07, 6.45) is 1.96. The Morgan fingerprint density at radius 1 is 1.06 bits per heavy atom. The lowest BCUT2D eigenvalue weighted by atomic mass is 9.97. The predicted octanol–water partition coefficient (Wildman–Crippen LogP) is 4.16. The Kier molecular flexibility index (Phi) is 8.19. The van der Waals surface area contributed by atoms with E-state index in [-0.39, 0.29) is 17.9 Å². The second kappa shape index (κ2) is 10.7. The van der Waals surface area contributed by atoms with Gasteiger partial charge >= 0.3 is 0 Å². The van der Waals surface area contributed by atoms with E-state index in [0.29, 0.717) is 37.4 Å². The molecule has 1 aliphatic heterocycles. The number of nitrogens with one attached hydrogen (secondary N) is 1. The molecule has 1 N–H and O–H groups in total. The van der Waals surface area contributed by atoms with Gasteiger partial charge in [-0.1, -0.05) is 29.8 Å². The Bertz CT molecular complexity index is 1050. The summed E-state index contributed by atoms with van der Waals surface area (Å²) in [5.74, 6) is 0.698. The Morgan fingerprint density at radius 2 is 1.64 bits per heavy atom. The van der Waals surface area contributed by atoms with E-state index in [4.69, 9.17) is 4.74 Å². The lowest BCUT2D eigenvalue weighted by molar-refractivity contribution is -0.126. The largest absolute Gasteiger partial charge is 0.491 e. The normalized spacial score (nSPS) is 15.6. The number of ether oxygens (including phenoxy) is 1. The van der Waals surface area contributed by atoms with E-state index in [1.165, 1.54) is 4.31 Å². The number of amides is 1. The molecule has 6 nitrogen and oxygen atoms in total. The monoisotopic (exact) mass is 472 g/mol. The quantitative estimate of drug-likeness (QED) is 0.626. The van der Waals surface area contributed by atoms with Gasteiger partial charge in [-0.25, -0.2) is 8.42 Å². The third kappa shape index (κ3) is 6.36. The van der Waals surface area contributed by atoms with Crippen LogP contribution in [0.4, 0.5) is 0 Å². The van der Waals surface area contributed by atoms with Crippen molar-refractivity contribution in [2.75, 3.05) is 19.6 Å². The van der Waals surface area contributed by atoms with Crippen molar-refractivity contribution in [2.45, 2.75) is 64.9 Å². The number of nitrogens with zero attached hydrogens (tertiary/aromatic N) is 1. The number of carbonyl (C=O) groups excluding carboxylic acids is 1. The van der Waals surface area contributed by atoms with Crippen molar-refractivity contribution in [1.82, 2.24) is 9.62 Å². The Balaban J connectivity index is 1.50. The van der Waals surface area contributed by atoms with Gasteiger partial charge in [0.05, 0.1) is 11.0 Å². The van der Waals surface area contributed by atoms with Gasteiger partial charge in [-0.05, 0) is 82.7 Å². The topological polar surface area (TPSA) is 75.7 Å². The number of aryl methyl sites for hydroxylation is 3. The zero-order valence-electron chi connectivity index (χ0n) is 20.3. The van der Waals surface area contributed by atoms with E-state index in [1.54, 1.807) is 0 Å². The average molecular weight is 473 g/mol. The van der Waals surface area contributed by atoms with Gasteiger partial charge in [-0.15, -0.1) is 0 Å². The SMILES string of the molecule is Cc1cc(C)c(S(=O)(=O)N2CCC(C(=O)NCCc3ccc(OC(C)C)cc3)CC2)c(C)c1. The van der Waals surface area contributed by atoms with Gasteiger partial charge in [0.15, 0.2) is 0 Å². The molecule has 0 radical (unpaired) electrons. The minimum absolute atomic E-state index is 0.00880. The smallest absolute Gasteiger partial charge is 0.243 e. The number of rotatable bonds is 8. The van der Waals surface area contributed by atoms with Crippen LogP contribution in [-0.4, -0.2) is 44.4 Å². The number of piperidine rings is 1. The van der Waals surface area contributed by atoms with E-state index in [9.17, 15) is 13.2 Å². The highest BCUT2D eigenvalue weighted by Crippen LogP contribution is 2.28. The van der Waals surface area contributed by atoms with E-state index in [0.717, 1.165) is 34.4 Å². The fourth-order valence-corrected chi connectivity index (χ4v) is 6.42. The maximum Gasteiger partial charge on any atom is 0.243 e. The molecule has 0 unspecified atom stereocenters. The number of hydrogen-bond donors (Lipinski definition) is 1. The van der Waals surface area contributed by atoms with Crippen LogP contribution in [0.3, 0.4) is 0 Å².